The van der Waals surface area contributed by atoms with Crippen LogP contribution in [0.2, 0.25) is 5.02 Å². The first-order chi connectivity index (χ1) is 12.1. The number of piperidine rings is 1. The lowest BCUT2D eigenvalue weighted by Gasteiger charge is -2.32. The molecule has 1 aliphatic rings. The number of halogens is 2. The van der Waals surface area contributed by atoms with E-state index in [2.05, 4.69) is 15.2 Å². The Morgan fingerprint density at radius 1 is 1.36 bits per heavy atom. The van der Waals surface area contributed by atoms with Crippen LogP contribution >= 0.6 is 11.6 Å². The number of benzene rings is 1. The molecule has 136 valence electrons. The largest absolute Gasteiger partial charge is 0.495 e. The van der Waals surface area contributed by atoms with E-state index >= 15 is 0 Å². The number of methoxy groups -OCH3 is 1. The van der Waals surface area contributed by atoms with Crippen LogP contribution in [-0.4, -0.2) is 51.8 Å². The Morgan fingerprint density at radius 3 is 2.80 bits per heavy atom. The Bertz CT molecular complexity index is 717. The number of aromatic nitrogens is 3. The predicted molar refractivity (Wildman–Crippen MR) is 92.3 cm³/mol. The Balaban J connectivity index is 1.61. The number of aliphatic hydroxyl groups is 1. The second kappa shape index (κ2) is 8.12. The Morgan fingerprint density at radius 2 is 2.12 bits per heavy atom. The molecule has 2 aromatic rings. The molecular weight excluding hydrogens is 347 g/mol. The number of hydrogen-bond acceptors (Lipinski definition) is 5. The molecule has 0 saturated carbocycles. The zero-order valence-corrected chi connectivity index (χ0v) is 14.9. The van der Waals surface area contributed by atoms with Crippen LogP contribution in [0.5, 0.6) is 5.75 Å². The SMILES string of the molecule is COc1ccc(F)c(CN2CCC(n3cc(CCO)nn3)CC2)c1Cl. The van der Waals surface area contributed by atoms with Crippen LogP contribution in [0.3, 0.4) is 0 Å². The van der Waals surface area contributed by atoms with Gasteiger partial charge in [-0.05, 0) is 25.0 Å². The summed E-state index contributed by atoms with van der Waals surface area (Å²) >= 11 is 6.26. The molecule has 0 unspecified atom stereocenters. The monoisotopic (exact) mass is 368 g/mol. The molecule has 1 aromatic heterocycles. The third-order valence-corrected chi connectivity index (χ3v) is 5.02. The smallest absolute Gasteiger partial charge is 0.137 e. The van der Waals surface area contributed by atoms with Crippen LogP contribution in [0.25, 0.3) is 0 Å². The number of nitrogens with zero attached hydrogens (tertiary/aromatic N) is 4. The first kappa shape index (κ1) is 18.1. The molecule has 3 rings (SSSR count). The van der Waals surface area contributed by atoms with E-state index in [0.29, 0.717) is 29.3 Å². The van der Waals surface area contributed by atoms with E-state index in [1.54, 1.807) is 6.07 Å². The molecule has 0 bridgehead atoms. The van der Waals surface area contributed by atoms with E-state index in [-0.39, 0.29) is 18.5 Å². The molecule has 8 heteroatoms. The summed E-state index contributed by atoms with van der Waals surface area (Å²) < 4.78 is 21.2. The van der Waals surface area contributed by atoms with Gasteiger partial charge in [0, 0.05) is 44.4 Å². The lowest BCUT2D eigenvalue weighted by molar-refractivity contribution is 0.170. The molecule has 1 N–H and O–H groups in total. The van der Waals surface area contributed by atoms with Gasteiger partial charge >= 0.3 is 0 Å². The highest BCUT2D eigenvalue weighted by molar-refractivity contribution is 6.32. The number of hydrogen-bond donors (Lipinski definition) is 1. The van der Waals surface area contributed by atoms with Crippen LogP contribution < -0.4 is 4.74 Å². The van der Waals surface area contributed by atoms with Gasteiger partial charge in [0.2, 0.25) is 0 Å². The summed E-state index contributed by atoms with van der Waals surface area (Å²) in [6.07, 6.45) is 4.23. The lowest BCUT2D eigenvalue weighted by atomic mass is 10.0. The minimum atomic E-state index is -0.308. The van der Waals surface area contributed by atoms with Gasteiger partial charge in [-0.25, -0.2) is 9.07 Å². The molecule has 0 radical (unpaired) electrons. The Hall–Kier alpha value is -1.70. The average molecular weight is 369 g/mol. The predicted octanol–water partition coefficient (Wildman–Crippen LogP) is 2.45. The van der Waals surface area contributed by atoms with Crippen molar-refractivity contribution >= 4 is 11.6 Å². The highest BCUT2D eigenvalue weighted by atomic mass is 35.5. The molecule has 0 aliphatic carbocycles. The number of rotatable bonds is 6. The van der Waals surface area contributed by atoms with Crippen molar-refractivity contribution in [3.63, 3.8) is 0 Å². The van der Waals surface area contributed by atoms with Crippen molar-refractivity contribution in [3.8, 4) is 5.75 Å². The third kappa shape index (κ3) is 4.11. The summed E-state index contributed by atoms with van der Waals surface area (Å²) in [6, 6.07) is 3.22. The molecule has 1 aliphatic heterocycles. The molecule has 0 atom stereocenters. The third-order valence-electron chi connectivity index (χ3n) is 4.61. The van der Waals surface area contributed by atoms with E-state index in [9.17, 15) is 4.39 Å². The highest BCUT2D eigenvalue weighted by Gasteiger charge is 2.23. The number of ether oxygens (including phenoxy) is 1. The van der Waals surface area contributed by atoms with Crippen molar-refractivity contribution in [2.24, 2.45) is 0 Å². The first-order valence-corrected chi connectivity index (χ1v) is 8.75. The summed E-state index contributed by atoms with van der Waals surface area (Å²) in [4.78, 5) is 2.19. The maximum absolute atomic E-state index is 14.1. The molecule has 1 saturated heterocycles. The maximum Gasteiger partial charge on any atom is 0.137 e. The van der Waals surface area contributed by atoms with Crippen molar-refractivity contribution < 1.29 is 14.2 Å². The summed E-state index contributed by atoms with van der Waals surface area (Å²) in [7, 11) is 1.53. The van der Waals surface area contributed by atoms with E-state index in [1.807, 2.05) is 10.9 Å². The molecule has 0 spiro atoms. The molecule has 25 heavy (non-hydrogen) atoms. The van der Waals surface area contributed by atoms with Gasteiger partial charge in [-0.1, -0.05) is 16.8 Å². The maximum atomic E-state index is 14.1. The minimum absolute atomic E-state index is 0.0734. The van der Waals surface area contributed by atoms with E-state index in [4.69, 9.17) is 21.4 Å². The van der Waals surface area contributed by atoms with Crippen molar-refractivity contribution in [1.82, 2.24) is 19.9 Å². The first-order valence-electron chi connectivity index (χ1n) is 8.37. The molecule has 1 aromatic carbocycles. The van der Waals surface area contributed by atoms with Gasteiger partial charge in [0.25, 0.3) is 0 Å². The number of aliphatic hydroxyl groups excluding tert-OH is 1. The Labute approximate surface area is 151 Å². The average Bonchev–Trinajstić information content (AvgIpc) is 3.08. The second-order valence-electron chi connectivity index (χ2n) is 6.21. The van der Waals surface area contributed by atoms with Crippen molar-refractivity contribution in [2.45, 2.75) is 31.8 Å². The summed E-state index contributed by atoms with van der Waals surface area (Å²) in [5.74, 6) is 0.185. The molecule has 1 fully saturated rings. The fraction of sp³-hybridized carbons (Fsp3) is 0.529. The van der Waals surface area contributed by atoms with E-state index in [1.165, 1.54) is 13.2 Å². The van der Waals surface area contributed by atoms with Crippen LogP contribution in [0.1, 0.15) is 30.1 Å². The summed E-state index contributed by atoms with van der Waals surface area (Å²) in [5.41, 5.74) is 1.28. The van der Waals surface area contributed by atoms with Gasteiger partial charge in [-0.3, -0.25) is 4.90 Å². The second-order valence-corrected chi connectivity index (χ2v) is 6.59. The fourth-order valence-electron chi connectivity index (χ4n) is 3.17. The van der Waals surface area contributed by atoms with Crippen molar-refractivity contribution in [3.05, 3.63) is 40.4 Å². The zero-order valence-electron chi connectivity index (χ0n) is 14.2. The van der Waals surface area contributed by atoms with Gasteiger partial charge in [-0.15, -0.1) is 5.10 Å². The Kier molecular flexibility index (Phi) is 5.88. The molecule has 0 amide bonds. The van der Waals surface area contributed by atoms with Crippen LogP contribution in [0.15, 0.2) is 18.3 Å². The topological polar surface area (TPSA) is 63.4 Å². The fourth-order valence-corrected chi connectivity index (χ4v) is 3.46. The normalized spacial score (nSPS) is 16.3. The van der Waals surface area contributed by atoms with E-state index < -0.39 is 0 Å². The van der Waals surface area contributed by atoms with Crippen LogP contribution in [0.4, 0.5) is 4.39 Å². The lowest BCUT2D eigenvalue weighted by Crippen LogP contribution is -2.34. The van der Waals surface area contributed by atoms with Gasteiger partial charge in [0.1, 0.15) is 11.6 Å². The molecule has 2 heterocycles. The molecular formula is C17H22ClFN4O2. The van der Waals surface area contributed by atoms with Gasteiger partial charge < -0.3 is 9.84 Å². The van der Waals surface area contributed by atoms with Crippen molar-refractivity contribution in [1.29, 1.82) is 0 Å². The molecule has 6 nitrogen and oxygen atoms in total. The summed E-state index contributed by atoms with van der Waals surface area (Å²) in [5, 5.41) is 17.5. The van der Waals surface area contributed by atoms with Crippen molar-refractivity contribution in [2.75, 3.05) is 26.8 Å². The van der Waals surface area contributed by atoms with Gasteiger partial charge in [0.15, 0.2) is 0 Å². The zero-order chi connectivity index (χ0) is 17.8. The van der Waals surface area contributed by atoms with E-state index in [0.717, 1.165) is 31.6 Å². The van der Waals surface area contributed by atoms with Crippen LogP contribution in [-0.2, 0) is 13.0 Å². The highest BCUT2D eigenvalue weighted by Crippen LogP contribution is 2.32. The number of likely N-dealkylation sites (tertiary alicyclic amines) is 1. The van der Waals surface area contributed by atoms with Crippen LogP contribution in [0, 0.1) is 5.82 Å². The summed E-state index contributed by atoms with van der Waals surface area (Å²) in [6.45, 7) is 2.19. The standard InChI is InChI=1S/C17H22ClFN4O2/c1-25-16-3-2-15(19)14(17(16)18)11-22-7-4-13(5-8-22)23-10-12(6-9-24)20-21-23/h2-3,10,13,24H,4-9,11H2,1H3. The van der Waals surface area contributed by atoms with Gasteiger partial charge in [-0.2, -0.15) is 0 Å². The minimum Gasteiger partial charge on any atom is -0.495 e. The quantitative estimate of drug-likeness (QED) is 0.848. The van der Waals surface area contributed by atoms with Gasteiger partial charge in [0.05, 0.1) is 23.9 Å².